The molecule has 0 spiro atoms. The van der Waals surface area contributed by atoms with E-state index in [-0.39, 0.29) is 30.6 Å². The second-order valence-electron chi connectivity index (χ2n) is 16.9. The van der Waals surface area contributed by atoms with E-state index in [4.69, 9.17) is 28.7 Å². The summed E-state index contributed by atoms with van der Waals surface area (Å²) in [7, 11) is 3.89. The van der Waals surface area contributed by atoms with Crippen molar-refractivity contribution in [3.63, 3.8) is 0 Å². The summed E-state index contributed by atoms with van der Waals surface area (Å²) in [4.78, 5) is 40.5. The molecule has 4 aliphatic heterocycles. The molecule has 1 aromatic carbocycles. The van der Waals surface area contributed by atoms with Gasteiger partial charge < -0.3 is 33.7 Å². The number of amides is 1. The van der Waals surface area contributed by atoms with Gasteiger partial charge in [0.2, 0.25) is 0 Å². The van der Waals surface area contributed by atoms with Crippen LogP contribution in [-0.4, -0.2) is 125 Å². The van der Waals surface area contributed by atoms with E-state index in [2.05, 4.69) is 40.8 Å². The molecule has 0 radical (unpaired) electrons. The fourth-order valence-electron chi connectivity index (χ4n) is 9.41. The lowest BCUT2D eigenvalue weighted by atomic mass is 9.74. The molecule has 12 nitrogen and oxygen atoms in total. The molecular weight excluding hydrogens is 780 g/mol. The highest BCUT2D eigenvalue weighted by Crippen LogP contribution is 2.43. The number of aliphatic hydroxyl groups excluding tert-OH is 1. The fourth-order valence-corrected chi connectivity index (χ4v) is 9.76. The van der Waals surface area contributed by atoms with Crippen LogP contribution in [0.5, 0.6) is 0 Å². The van der Waals surface area contributed by atoms with Crippen LogP contribution in [0.2, 0.25) is 0 Å². The van der Waals surface area contributed by atoms with Crippen molar-refractivity contribution in [2.24, 2.45) is 22.7 Å². The smallest absolute Gasteiger partial charge is 0.410 e. The average molecular weight is 840 g/mol. The molecule has 306 valence electrons. The third kappa shape index (κ3) is 8.63. The summed E-state index contributed by atoms with van der Waals surface area (Å²) < 4.78 is 33.4. The van der Waals surface area contributed by atoms with Crippen molar-refractivity contribution in [2.45, 2.75) is 122 Å². The Bertz CT molecular complexity index is 1870. The molecule has 1 aromatic heterocycles. The Labute approximate surface area is 339 Å². The Balaban J connectivity index is 1.40. The molecule has 4 aliphatic rings. The van der Waals surface area contributed by atoms with Crippen LogP contribution in [0.25, 0.3) is 17.0 Å². The van der Waals surface area contributed by atoms with Gasteiger partial charge in [0.1, 0.15) is 12.2 Å². The molecular formula is C43H59BrN4O8. The van der Waals surface area contributed by atoms with E-state index in [1.807, 2.05) is 83.1 Å². The molecule has 56 heavy (non-hydrogen) atoms. The summed E-state index contributed by atoms with van der Waals surface area (Å²) in [6.45, 7) is 16.7. The number of aromatic nitrogens is 1. The number of cyclic esters (lactones) is 1. The number of ether oxygens (including phenoxy) is 5. The monoisotopic (exact) mass is 838 g/mol. The van der Waals surface area contributed by atoms with E-state index in [9.17, 15) is 14.7 Å². The molecule has 13 heteroatoms. The van der Waals surface area contributed by atoms with Crippen molar-refractivity contribution in [3.8, 4) is 0 Å². The van der Waals surface area contributed by atoms with Gasteiger partial charge in [-0.3, -0.25) is 14.9 Å². The Morgan fingerprint density at radius 3 is 2.61 bits per heavy atom. The van der Waals surface area contributed by atoms with Crippen LogP contribution in [0.3, 0.4) is 0 Å². The van der Waals surface area contributed by atoms with E-state index in [1.165, 1.54) is 0 Å². The Kier molecular flexibility index (Phi) is 12.8. The number of rotatable bonds is 7. The topological polar surface area (TPSA) is 132 Å². The minimum Gasteiger partial charge on any atom is -0.455 e. The molecule has 0 aliphatic carbocycles. The van der Waals surface area contributed by atoms with Crippen LogP contribution >= 0.6 is 15.9 Å². The number of hydrogen-bond acceptors (Lipinski definition) is 11. The fraction of sp³-hybridized carbons (Fsp3) is 0.628. The first kappa shape index (κ1) is 42.4. The highest BCUT2D eigenvalue weighted by molar-refractivity contribution is 9.10. The zero-order valence-electron chi connectivity index (χ0n) is 34.4. The number of nitrogens with zero attached hydrogens (tertiary/aromatic N) is 4. The van der Waals surface area contributed by atoms with E-state index in [0.29, 0.717) is 31.5 Å². The first-order valence-corrected chi connectivity index (χ1v) is 20.7. The van der Waals surface area contributed by atoms with Gasteiger partial charge in [0.25, 0.3) is 0 Å². The predicted molar refractivity (Wildman–Crippen MR) is 219 cm³/mol. The highest BCUT2D eigenvalue weighted by atomic mass is 79.9. The van der Waals surface area contributed by atoms with Gasteiger partial charge in [-0.2, -0.15) is 0 Å². The largest absolute Gasteiger partial charge is 0.455 e. The van der Waals surface area contributed by atoms with E-state index >= 15 is 0 Å². The number of hydrogen-bond donors (Lipinski definition) is 1. The molecule has 5 heterocycles. The van der Waals surface area contributed by atoms with Gasteiger partial charge in [-0.05, 0) is 107 Å². The number of carbonyl (C=O) groups is 2. The van der Waals surface area contributed by atoms with Gasteiger partial charge >= 0.3 is 12.1 Å². The standard InChI is InChI=1S/C43H59BrN4O8/c1-24-18-25(2)39(50)54-29(6)43(8)37-28(5)35(45-15-16-48(37)41(51)56-43)26(3)22-42(7,38(24)55-40-36(49)34(47(9)10)19-27(4)53-40)52-17-11-12-30-13-14-33-31(20-30)21-32(44)23-46-33/h11-14,18,20-21,23-24,26-29,34,36-38,40,49H,15-17,19,22H2,1-10H3/b12-11+,25-18+/t24-,26+,27-,28+,29-,34+,36?,37+,38+,40+,42-,43+/m0/s1. The number of esters is 1. The normalized spacial score (nSPS) is 38.1. The predicted octanol–water partition coefficient (Wildman–Crippen LogP) is 6.82. The van der Waals surface area contributed by atoms with Gasteiger partial charge in [0.15, 0.2) is 11.9 Å². The quantitative estimate of drug-likeness (QED) is 0.297. The lowest BCUT2D eigenvalue weighted by Gasteiger charge is -2.47. The zero-order chi connectivity index (χ0) is 40.7. The van der Waals surface area contributed by atoms with Gasteiger partial charge in [0, 0.05) is 51.8 Å². The Hall–Kier alpha value is -3.20. The molecule has 6 rings (SSSR count). The summed E-state index contributed by atoms with van der Waals surface area (Å²) in [5.74, 6) is -1.27. The summed E-state index contributed by atoms with van der Waals surface area (Å²) in [5.41, 5.74) is 1.12. The number of carbonyl (C=O) groups excluding carboxylic acids is 2. The molecule has 2 fully saturated rings. The zero-order valence-corrected chi connectivity index (χ0v) is 36.0. The summed E-state index contributed by atoms with van der Waals surface area (Å²) in [6, 6.07) is 7.54. The van der Waals surface area contributed by atoms with Crippen LogP contribution < -0.4 is 0 Å². The van der Waals surface area contributed by atoms with Crippen LogP contribution in [-0.2, 0) is 28.5 Å². The number of pyridine rings is 1. The highest BCUT2D eigenvalue weighted by Gasteiger charge is 2.59. The lowest BCUT2D eigenvalue weighted by Crippen LogP contribution is -2.59. The van der Waals surface area contributed by atoms with Gasteiger partial charge in [-0.15, -0.1) is 0 Å². The van der Waals surface area contributed by atoms with Crippen molar-refractivity contribution < 1.29 is 38.4 Å². The first-order valence-electron chi connectivity index (χ1n) is 19.9. The number of likely N-dealkylation sites (N-methyl/N-ethyl adjacent to an activating group) is 1. The molecule has 1 N–H and O–H groups in total. The maximum atomic E-state index is 13.8. The lowest BCUT2D eigenvalue weighted by molar-refractivity contribution is -0.295. The Morgan fingerprint density at radius 1 is 1.12 bits per heavy atom. The Morgan fingerprint density at radius 2 is 1.88 bits per heavy atom. The molecule has 1 amide bonds. The maximum absolute atomic E-state index is 13.8. The van der Waals surface area contributed by atoms with Crippen LogP contribution in [0.4, 0.5) is 4.79 Å². The molecule has 12 atom stereocenters. The molecule has 1 unspecified atom stereocenters. The molecule has 2 aromatic rings. The summed E-state index contributed by atoms with van der Waals surface area (Å²) >= 11 is 3.53. The van der Waals surface area contributed by atoms with Crippen molar-refractivity contribution >= 4 is 50.7 Å². The van der Waals surface area contributed by atoms with Crippen molar-refractivity contribution in [1.29, 1.82) is 0 Å². The van der Waals surface area contributed by atoms with Crippen molar-refractivity contribution in [2.75, 3.05) is 33.8 Å². The van der Waals surface area contributed by atoms with Gasteiger partial charge in [-0.1, -0.05) is 45.1 Å². The van der Waals surface area contributed by atoms with Crippen LogP contribution in [0.15, 0.2) is 57.7 Å². The van der Waals surface area contributed by atoms with E-state index < -0.39 is 59.8 Å². The van der Waals surface area contributed by atoms with Crippen molar-refractivity contribution in [3.05, 3.63) is 58.2 Å². The number of halogens is 1. The minimum absolute atomic E-state index is 0.125. The number of aliphatic hydroxyl groups is 1. The van der Waals surface area contributed by atoms with Crippen LogP contribution in [0, 0.1) is 17.8 Å². The van der Waals surface area contributed by atoms with E-state index in [0.717, 1.165) is 26.7 Å². The second-order valence-corrected chi connectivity index (χ2v) is 17.8. The molecule has 2 saturated heterocycles. The summed E-state index contributed by atoms with van der Waals surface area (Å²) in [6.07, 6.45) is 4.86. The first-order chi connectivity index (χ1) is 26.4. The number of aliphatic imine (C=N–C) groups is 1. The minimum atomic E-state index is -1.10. The number of fused-ring (bicyclic) bond motifs is 2. The maximum Gasteiger partial charge on any atom is 0.410 e. The van der Waals surface area contributed by atoms with Gasteiger partial charge in [0.05, 0.1) is 42.5 Å². The third-order valence-electron chi connectivity index (χ3n) is 12.3. The average Bonchev–Trinajstić information content (AvgIpc) is 3.26. The molecule has 2 bridgehead atoms. The number of benzene rings is 1. The van der Waals surface area contributed by atoms with Gasteiger partial charge in [-0.25, -0.2) is 9.59 Å². The summed E-state index contributed by atoms with van der Waals surface area (Å²) in [5, 5.41) is 12.7. The SMILES string of the molecule is C/C1=C\[C@H](C)[C@@H](O[C@H]2O[C@@H](C)C[C@@H](N(C)C)C2O)[C@@](C)(OC/C=C/c2ccc3ncc(Br)cc3c2)C[C@@H](C)C2=NCCN3C(=O)O[C@](C)([C@H](C)OC1=O)[C@H]3[C@@H]2C. The van der Waals surface area contributed by atoms with Crippen molar-refractivity contribution in [1.82, 2.24) is 14.8 Å². The third-order valence-corrected chi connectivity index (χ3v) is 12.7. The molecule has 0 saturated carbocycles. The van der Waals surface area contributed by atoms with E-state index in [1.54, 1.807) is 24.9 Å². The van der Waals surface area contributed by atoms with Crippen LogP contribution in [0.1, 0.15) is 73.8 Å². The second kappa shape index (κ2) is 17.0.